The fourth-order valence-electron chi connectivity index (χ4n) is 12.2. The minimum absolute atomic E-state index is 0.115. The lowest BCUT2D eigenvalue weighted by Crippen LogP contribution is -2.28. The number of rotatable bonds is 6. The molecule has 10 aromatic rings. The second-order valence-electron chi connectivity index (χ2n) is 17.9. The topological polar surface area (TPSA) is 3.24 Å². The van der Waals surface area contributed by atoms with Crippen LogP contribution in [-0.2, 0) is 10.8 Å². The molecule has 1 fully saturated rings. The van der Waals surface area contributed by atoms with Crippen molar-refractivity contribution in [1.29, 1.82) is 0 Å². The molecule has 0 radical (unpaired) electrons. The van der Waals surface area contributed by atoms with Crippen molar-refractivity contribution in [3.63, 3.8) is 0 Å². The van der Waals surface area contributed by atoms with Crippen LogP contribution >= 0.6 is 0 Å². The normalized spacial score (nSPS) is 15.0. The number of anilines is 3. The molecule has 10 aromatic carbocycles. The van der Waals surface area contributed by atoms with Gasteiger partial charge in [0, 0.05) is 22.5 Å². The largest absolute Gasteiger partial charge is 0.310 e. The average molecular weight is 804 g/mol. The van der Waals surface area contributed by atoms with Crippen molar-refractivity contribution in [3.05, 3.63) is 258 Å². The Hall–Kier alpha value is -7.48. The molecule has 0 aromatic heterocycles. The molecule has 0 bridgehead atoms. The van der Waals surface area contributed by atoms with Crippen LogP contribution in [0.4, 0.5) is 17.1 Å². The van der Waals surface area contributed by atoms with Crippen molar-refractivity contribution in [3.8, 4) is 33.4 Å². The zero-order valence-corrected chi connectivity index (χ0v) is 35.1. The molecule has 0 aliphatic heterocycles. The third kappa shape index (κ3) is 5.23. The predicted molar refractivity (Wildman–Crippen MR) is 264 cm³/mol. The highest BCUT2D eigenvalue weighted by atomic mass is 15.1. The van der Waals surface area contributed by atoms with Crippen LogP contribution in [0.25, 0.3) is 54.9 Å². The Balaban J connectivity index is 1.04. The van der Waals surface area contributed by atoms with E-state index in [1.807, 2.05) is 0 Å². The second kappa shape index (κ2) is 14.0. The van der Waals surface area contributed by atoms with E-state index in [0.717, 1.165) is 11.4 Å². The van der Waals surface area contributed by atoms with Crippen LogP contribution in [0.1, 0.15) is 59.1 Å². The van der Waals surface area contributed by atoms with Crippen molar-refractivity contribution in [2.45, 2.75) is 36.5 Å². The van der Waals surface area contributed by atoms with Gasteiger partial charge in [-0.3, -0.25) is 0 Å². The summed E-state index contributed by atoms with van der Waals surface area (Å²) in [5.74, 6) is 0. The number of nitrogens with zero attached hydrogens (tertiary/aromatic N) is 1. The average Bonchev–Trinajstić information content (AvgIpc) is 4.05. The van der Waals surface area contributed by atoms with Crippen LogP contribution in [-0.4, -0.2) is 0 Å². The summed E-state index contributed by atoms with van der Waals surface area (Å²) in [6, 6.07) is 84.5. The zero-order chi connectivity index (χ0) is 41.5. The standard InChI is InChI=1S/C62H45N/c1-3-18-44(19-4-1)62(45-20-5-2-6-21-45)59-28-14-12-25-52(59)54-35-33-48(41-60(54)62)63(47-34-36-58-56(40-47)53-26-11-13-27-57(53)61(58)37-15-16-38-61)46-31-29-42(30-32-46)55-39-43-17-7-8-22-49(43)50-23-9-10-24-51(50)55/h1-14,17-36,39-41H,15-16,37-38H2. The first kappa shape index (κ1) is 36.2. The third-order valence-corrected chi connectivity index (χ3v) is 14.9. The summed E-state index contributed by atoms with van der Waals surface area (Å²) in [5, 5.41) is 5.11. The van der Waals surface area contributed by atoms with Gasteiger partial charge in [0.2, 0.25) is 0 Å². The van der Waals surface area contributed by atoms with Crippen LogP contribution in [0.5, 0.6) is 0 Å². The summed E-state index contributed by atoms with van der Waals surface area (Å²) < 4.78 is 0. The van der Waals surface area contributed by atoms with Crippen molar-refractivity contribution < 1.29 is 0 Å². The molecule has 0 N–H and O–H groups in total. The summed E-state index contributed by atoms with van der Waals surface area (Å²) in [7, 11) is 0. The highest BCUT2D eigenvalue weighted by Crippen LogP contribution is 2.59. The second-order valence-corrected chi connectivity index (χ2v) is 17.9. The Morgan fingerprint density at radius 1 is 0.317 bits per heavy atom. The minimum Gasteiger partial charge on any atom is -0.310 e. The molecule has 0 saturated heterocycles. The monoisotopic (exact) mass is 803 g/mol. The lowest BCUT2D eigenvalue weighted by Gasteiger charge is -2.35. The fraction of sp³-hybridized carbons (Fsp3) is 0.0968. The van der Waals surface area contributed by atoms with E-state index in [4.69, 9.17) is 0 Å². The molecule has 298 valence electrons. The summed E-state index contributed by atoms with van der Waals surface area (Å²) in [6.45, 7) is 0. The van der Waals surface area contributed by atoms with E-state index in [1.165, 1.54) is 120 Å². The van der Waals surface area contributed by atoms with Gasteiger partial charge in [-0.05, 0) is 144 Å². The van der Waals surface area contributed by atoms with E-state index < -0.39 is 5.41 Å². The Morgan fingerprint density at radius 3 is 1.57 bits per heavy atom. The Labute approximate surface area is 369 Å². The van der Waals surface area contributed by atoms with Crippen molar-refractivity contribution in [1.82, 2.24) is 0 Å². The van der Waals surface area contributed by atoms with Gasteiger partial charge in [0.05, 0.1) is 5.41 Å². The van der Waals surface area contributed by atoms with Gasteiger partial charge < -0.3 is 4.90 Å². The van der Waals surface area contributed by atoms with Gasteiger partial charge in [0.1, 0.15) is 0 Å². The summed E-state index contributed by atoms with van der Waals surface area (Å²) in [4.78, 5) is 2.51. The first-order chi connectivity index (χ1) is 31.2. The molecule has 3 aliphatic carbocycles. The maximum Gasteiger partial charge on any atom is 0.0714 e. The van der Waals surface area contributed by atoms with E-state index >= 15 is 0 Å². The smallest absolute Gasteiger partial charge is 0.0714 e. The zero-order valence-electron chi connectivity index (χ0n) is 35.1. The predicted octanol–water partition coefficient (Wildman–Crippen LogP) is 16.3. The van der Waals surface area contributed by atoms with Gasteiger partial charge in [0.25, 0.3) is 0 Å². The SMILES string of the molecule is c1ccc(C2(c3ccccc3)c3ccccc3-c3ccc(N(c4ccc(-c5cc6ccccc6c6ccccc56)cc4)c4ccc5c(c4)-c4ccccc4C54CCCC4)cc32)cc1. The molecule has 13 rings (SSSR count). The van der Waals surface area contributed by atoms with E-state index in [-0.39, 0.29) is 5.41 Å². The third-order valence-electron chi connectivity index (χ3n) is 14.9. The quantitative estimate of drug-likeness (QED) is 0.151. The molecule has 1 saturated carbocycles. The highest BCUT2D eigenvalue weighted by molar-refractivity contribution is 6.13. The van der Waals surface area contributed by atoms with Crippen LogP contribution in [0.15, 0.2) is 224 Å². The Bertz CT molecular complexity index is 3350. The first-order valence-electron chi connectivity index (χ1n) is 22.6. The number of fused-ring (bicyclic) bond motifs is 11. The van der Waals surface area contributed by atoms with Crippen molar-refractivity contribution in [2.75, 3.05) is 4.90 Å². The molecule has 0 atom stereocenters. The van der Waals surface area contributed by atoms with Crippen LogP contribution in [0.3, 0.4) is 0 Å². The Kier molecular flexibility index (Phi) is 8.06. The minimum atomic E-state index is -0.497. The van der Waals surface area contributed by atoms with E-state index in [2.05, 4.69) is 229 Å². The molecule has 1 heteroatoms. The molecular formula is C62H45N. The van der Waals surface area contributed by atoms with Gasteiger partial charge >= 0.3 is 0 Å². The van der Waals surface area contributed by atoms with Gasteiger partial charge in [0.15, 0.2) is 0 Å². The van der Waals surface area contributed by atoms with Crippen LogP contribution in [0, 0.1) is 0 Å². The van der Waals surface area contributed by atoms with Crippen LogP contribution in [0.2, 0.25) is 0 Å². The summed E-state index contributed by atoms with van der Waals surface area (Å²) in [5.41, 5.74) is 19.1. The van der Waals surface area contributed by atoms with E-state index in [9.17, 15) is 0 Å². The molecule has 1 nitrogen and oxygen atoms in total. The maximum atomic E-state index is 2.51. The van der Waals surface area contributed by atoms with Crippen molar-refractivity contribution in [2.24, 2.45) is 0 Å². The van der Waals surface area contributed by atoms with E-state index in [0.29, 0.717) is 0 Å². The summed E-state index contributed by atoms with van der Waals surface area (Å²) >= 11 is 0. The highest BCUT2D eigenvalue weighted by Gasteiger charge is 2.47. The number of hydrogen-bond acceptors (Lipinski definition) is 1. The molecule has 0 heterocycles. The van der Waals surface area contributed by atoms with Gasteiger partial charge in [-0.1, -0.05) is 195 Å². The fourth-order valence-corrected chi connectivity index (χ4v) is 12.2. The Morgan fingerprint density at radius 2 is 0.841 bits per heavy atom. The number of hydrogen-bond donors (Lipinski definition) is 0. The molecule has 1 spiro atoms. The first-order valence-corrected chi connectivity index (χ1v) is 22.6. The van der Waals surface area contributed by atoms with Crippen LogP contribution < -0.4 is 4.90 Å². The van der Waals surface area contributed by atoms with E-state index in [1.54, 1.807) is 0 Å². The molecule has 3 aliphatic rings. The molecule has 0 unspecified atom stereocenters. The number of benzene rings is 10. The molecular weight excluding hydrogens is 759 g/mol. The molecule has 0 amide bonds. The maximum absolute atomic E-state index is 2.51. The van der Waals surface area contributed by atoms with Gasteiger partial charge in [-0.25, -0.2) is 0 Å². The summed E-state index contributed by atoms with van der Waals surface area (Å²) in [6.07, 6.45) is 5.00. The lowest BCUT2D eigenvalue weighted by atomic mass is 9.67. The lowest BCUT2D eigenvalue weighted by molar-refractivity contribution is 0.550. The molecule has 63 heavy (non-hydrogen) atoms. The van der Waals surface area contributed by atoms with Crippen molar-refractivity contribution >= 4 is 38.6 Å². The van der Waals surface area contributed by atoms with Gasteiger partial charge in [-0.2, -0.15) is 0 Å². The van der Waals surface area contributed by atoms with Gasteiger partial charge in [-0.15, -0.1) is 0 Å².